The fraction of sp³-hybridized carbons (Fsp3) is 0.375. The largest absolute Gasteiger partial charge is 0.466 e. The molecule has 1 aromatic heterocycles. The predicted octanol–water partition coefficient (Wildman–Crippen LogP) is -0.0504. The van der Waals surface area contributed by atoms with Gasteiger partial charge in [0.25, 0.3) is 0 Å². The van der Waals surface area contributed by atoms with Crippen molar-refractivity contribution in [3.8, 4) is 0 Å². The minimum atomic E-state index is -0.434. The fourth-order valence-electron chi connectivity index (χ4n) is 0.950. The van der Waals surface area contributed by atoms with Crippen LogP contribution in [0.2, 0.25) is 0 Å². The molecule has 82 valence electrons. The molecule has 1 rings (SSSR count). The fourth-order valence-corrected chi connectivity index (χ4v) is 1.70. The highest BCUT2D eigenvalue weighted by molar-refractivity contribution is 7.07. The number of aromatic nitrogens is 1. The Bertz CT molecular complexity index is 421. The van der Waals surface area contributed by atoms with Gasteiger partial charge >= 0.3 is 5.97 Å². The number of carbonyl (C=O) groups is 2. The summed E-state index contributed by atoms with van der Waals surface area (Å²) >= 11 is 1.07. The molecule has 7 heteroatoms. The first-order valence-corrected chi connectivity index (χ1v) is 5.08. The summed E-state index contributed by atoms with van der Waals surface area (Å²) in [6, 6.07) is 0. The molecule has 1 heterocycles. The van der Waals surface area contributed by atoms with Crippen molar-refractivity contribution in [2.24, 2.45) is 4.99 Å². The topological polar surface area (TPSA) is 80.9 Å². The van der Waals surface area contributed by atoms with E-state index in [9.17, 15) is 14.8 Å². The van der Waals surface area contributed by atoms with Gasteiger partial charge in [-0.05, 0) is 6.92 Å². The lowest BCUT2D eigenvalue weighted by atomic mass is 10.3. The van der Waals surface area contributed by atoms with E-state index in [-0.39, 0.29) is 11.2 Å². The van der Waals surface area contributed by atoms with Crippen LogP contribution in [0.25, 0.3) is 0 Å². The summed E-state index contributed by atoms with van der Waals surface area (Å²) in [4.78, 5) is 24.7. The molecule has 0 aliphatic rings. The molecule has 0 atom stereocenters. The molecule has 0 aromatic carbocycles. The maximum Gasteiger partial charge on any atom is 0.311 e. The van der Waals surface area contributed by atoms with Crippen LogP contribution in [-0.2, 0) is 20.7 Å². The molecule has 0 aliphatic carbocycles. The van der Waals surface area contributed by atoms with Gasteiger partial charge in [-0.3, -0.25) is 9.59 Å². The van der Waals surface area contributed by atoms with Crippen LogP contribution in [-0.4, -0.2) is 28.9 Å². The van der Waals surface area contributed by atoms with Crippen LogP contribution < -0.4 is 4.80 Å². The average Bonchev–Trinajstić information content (AvgIpc) is 2.51. The van der Waals surface area contributed by atoms with Gasteiger partial charge in [0.1, 0.15) is 0 Å². The Balaban J connectivity index is 2.83. The van der Waals surface area contributed by atoms with E-state index >= 15 is 0 Å². The molecule has 1 amide bonds. The maximum absolute atomic E-state index is 11.1. The number of amides is 1. The average molecular weight is 230 g/mol. The molecule has 1 N–H and O–H groups in total. The molecule has 0 unspecified atom stereocenters. The first-order chi connectivity index (χ1) is 7.19. The van der Waals surface area contributed by atoms with E-state index in [4.69, 9.17) is 4.74 Å². The van der Waals surface area contributed by atoms with E-state index in [1.807, 2.05) is 0 Å². The first-order valence-electron chi connectivity index (χ1n) is 4.20. The lowest BCUT2D eigenvalue weighted by Gasteiger charge is -2.00. The van der Waals surface area contributed by atoms with Gasteiger partial charge in [0.05, 0.1) is 18.7 Å². The molecule has 0 spiro atoms. The summed E-state index contributed by atoms with van der Waals surface area (Å²) < 4.78 is 5.42. The van der Waals surface area contributed by atoms with Gasteiger partial charge in [-0.25, -0.2) is 0 Å². The Kier molecular flexibility index (Phi) is 4.04. The Labute approximate surface area is 89.4 Å². The number of hydrogen-bond acceptors (Lipinski definition) is 5. The van der Waals surface area contributed by atoms with Crippen LogP contribution in [0.1, 0.15) is 12.6 Å². The van der Waals surface area contributed by atoms with Crippen molar-refractivity contribution in [1.82, 2.24) is 4.73 Å². The Morgan fingerprint density at radius 2 is 2.53 bits per heavy atom. The molecule has 15 heavy (non-hydrogen) atoms. The predicted molar refractivity (Wildman–Crippen MR) is 51.5 cm³/mol. The molecule has 0 fully saturated rings. The summed E-state index contributed by atoms with van der Waals surface area (Å²) in [5.74, 6) is -0.434. The summed E-state index contributed by atoms with van der Waals surface area (Å²) in [5.41, 5.74) is 0.346. The van der Waals surface area contributed by atoms with E-state index < -0.39 is 5.97 Å². The second-order valence-corrected chi connectivity index (χ2v) is 3.37. The lowest BCUT2D eigenvalue weighted by Crippen LogP contribution is -2.17. The number of hydrogen-bond donors (Lipinski definition) is 1. The number of thiazole rings is 1. The highest BCUT2D eigenvalue weighted by Gasteiger charge is 2.09. The highest BCUT2D eigenvalue weighted by Crippen LogP contribution is 2.01. The monoisotopic (exact) mass is 230 g/mol. The SMILES string of the molecule is CCOC(=O)Cc1csc(=NC=O)n1O. The van der Waals surface area contributed by atoms with Gasteiger partial charge in [0.15, 0.2) is 0 Å². The summed E-state index contributed by atoms with van der Waals surface area (Å²) in [7, 11) is 0. The zero-order valence-corrected chi connectivity index (χ0v) is 8.86. The van der Waals surface area contributed by atoms with Crippen molar-refractivity contribution in [1.29, 1.82) is 0 Å². The summed E-state index contributed by atoms with van der Waals surface area (Å²) in [6.45, 7) is 1.99. The Morgan fingerprint density at radius 3 is 3.13 bits per heavy atom. The number of esters is 1. The standard InChI is InChI=1S/C8H10N2O4S/c1-2-14-7(12)3-6-4-15-8(9-5-11)10(6)13/h4-5,13H,2-3H2,1H3. The molecule has 0 aliphatic heterocycles. The molecule has 0 radical (unpaired) electrons. The van der Waals surface area contributed by atoms with Crippen LogP contribution in [0.5, 0.6) is 0 Å². The number of nitrogens with zero attached hydrogens (tertiary/aromatic N) is 2. The molecule has 0 saturated carbocycles. The van der Waals surface area contributed by atoms with Crippen molar-refractivity contribution in [3.63, 3.8) is 0 Å². The minimum Gasteiger partial charge on any atom is -0.466 e. The van der Waals surface area contributed by atoms with E-state index in [0.29, 0.717) is 23.4 Å². The van der Waals surface area contributed by atoms with Crippen molar-refractivity contribution in [2.45, 2.75) is 13.3 Å². The van der Waals surface area contributed by atoms with Crippen molar-refractivity contribution >= 4 is 23.7 Å². The molecule has 0 bridgehead atoms. The van der Waals surface area contributed by atoms with E-state index in [0.717, 1.165) is 11.3 Å². The number of rotatable bonds is 4. The van der Waals surface area contributed by atoms with Crippen molar-refractivity contribution < 1.29 is 19.5 Å². The van der Waals surface area contributed by atoms with Gasteiger partial charge in [-0.2, -0.15) is 9.72 Å². The molecular formula is C8H10N2O4S. The van der Waals surface area contributed by atoms with Crippen LogP contribution in [0.3, 0.4) is 0 Å². The Morgan fingerprint density at radius 1 is 1.80 bits per heavy atom. The van der Waals surface area contributed by atoms with Crippen molar-refractivity contribution in [2.75, 3.05) is 6.61 Å². The van der Waals surface area contributed by atoms with E-state index in [1.165, 1.54) is 0 Å². The lowest BCUT2D eigenvalue weighted by molar-refractivity contribution is -0.142. The first kappa shape index (κ1) is 11.4. The molecular weight excluding hydrogens is 220 g/mol. The zero-order valence-electron chi connectivity index (χ0n) is 8.04. The van der Waals surface area contributed by atoms with Crippen molar-refractivity contribution in [3.05, 3.63) is 15.9 Å². The molecule has 6 nitrogen and oxygen atoms in total. The van der Waals surface area contributed by atoms with E-state index in [2.05, 4.69) is 4.99 Å². The van der Waals surface area contributed by atoms with Gasteiger partial charge in [0.2, 0.25) is 11.2 Å². The minimum absolute atomic E-state index is 0.0464. The molecule has 0 saturated heterocycles. The van der Waals surface area contributed by atoms with Gasteiger partial charge in [0, 0.05) is 5.38 Å². The molecule has 1 aromatic rings. The van der Waals surface area contributed by atoms with Crippen LogP contribution >= 0.6 is 11.3 Å². The second kappa shape index (κ2) is 5.30. The maximum atomic E-state index is 11.1. The normalized spacial score (nSPS) is 11.4. The highest BCUT2D eigenvalue weighted by atomic mass is 32.1. The summed E-state index contributed by atoms with van der Waals surface area (Å²) in [6.07, 6.45) is 0.280. The third-order valence-corrected chi connectivity index (χ3v) is 2.43. The van der Waals surface area contributed by atoms with Gasteiger partial charge < -0.3 is 9.94 Å². The van der Waals surface area contributed by atoms with Crippen LogP contribution in [0.4, 0.5) is 0 Å². The quantitative estimate of drug-likeness (QED) is 0.446. The summed E-state index contributed by atoms with van der Waals surface area (Å²) in [5, 5.41) is 11.0. The third kappa shape index (κ3) is 2.91. The number of carbonyl (C=O) groups excluding carboxylic acids is 2. The zero-order chi connectivity index (χ0) is 11.3. The van der Waals surface area contributed by atoms with Gasteiger partial charge in [-0.15, -0.1) is 11.3 Å². The third-order valence-electron chi connectivity index (χ3n) is 1.55. The van der Waals surface area contributed by atoms with Crippen LogP contribution in [0.15, 0.2) is 10.4 Å². The van der Waals surface area contributed by atoms with E-state index in [1.54, 1.807) is 12.3 Å². The number of ether oxygens (including phenoxy) is 1. The smallest absolute Gasteiger partial charge is 0.311 e. The van der Waals surface area contributed by atoms with Crippen LogP contribution in [0, 0.1) is 0 Å². The van der Waals surface area contributed by atoms with Gasteiger partial charge in [-0.1, -0.05) is 0 Å². The second-order valence-electron chi connectivity index (χ2n) is 2.54. The Hall–Kier alpha value is -1.63.